The number of hydrogen-bond donors (Lipinski definition) is 0. The zero-order valence-electron chi connectivity index (χ0n) is 13.3. The van der Waals surface area contributed by atoms with Gasteiger partial charge in [-0.25, -0.2) is 0 Å². The summed E-state index contributed by atoms with van der Waals surface area (Å²) in [6, 6.07) is 30.2. The SMILES string of the molecule is C=Cc1ccccc1.C=Cc1ccccc1.Pc1ccccc1. The lowest BCUT2D eigenvalue weighted by Crippen LogP contribution is -1.82. The third-order valence-corrected chi connectivity index (χ3v) is 3.26. The molecule has 0 radical (unpaired) electrons. The van der Waals surface area contributed by atoms with Crippen molar-refractivity contribution in [3.63, 3.8) is 0 Å². The highest BCUT2D eigenvalue weighted by Gasteiger charge is 1.76. The van der Waals surface area contributed by atoms with Gasteiger partial charge in [-0.3, -0.25) is 0 Å². The monoisotopic (exact) mass is 318 g/mol. The van der Waals surface area contributed by atoms with E-state index in [2.05, 4.69) is 22.4 Å². The van der Waals surface area contributed by atoms with Crippen molar-refractivity contribution in [3.05, 3.63) is 115 Å². The molecule has 23 heavy (non-hydrogen) atoms. The number of rotatable bonds is 2. The lowest BCUT2D eigenvalue weighted by Gasteiger charge is -1.85. The van der Waals surface area contributed by atoms with Crippen molar-refractivity contribution >= 4 is 26.7 Å². The van der Waals surface area contributed by atoms with Gasteiger partial charge in [0.05, 0.1) is 0 Å². The summed E-state index contributed by atoms with van der Waals surface area (Å²) in [6.45, 7) is 7.26. The average molecular weight is 318 g/mol. The molecule has 0 bridgehead atoms. The van der Waals surface area contributed by atoms with Crippen LogP contribution in [0.4, 0.5) is 0 Å². The normalized spacial score (nSPS) is 8.57. The van der Waals surface area contributed by atoms with Crippen LogP contribution < -0.4 is 5.30 Å². The molecule has 0 aliphatic carbocycles. The van der Waals surface area contributed by atoms with Gasteiger partial charge in [-0.15, -0.1) is 9.24 Å². The standard InChI is InChI=1S/2C8H8.C6H7P/c2*1-2-8-6-4-3-5-7-8;7-6-4-2-1-3-5-6/h2*2-7H,1H2;1-5H,7H2. The first-order chi connectivity index (χ1) is 11.3. The van der Waals surface area contributed by atoms with Crippen molar-refractivity contribution in [2.75, 3.05) is 0 Å². The summed E-state index contributed by atoms with van der Waals surface area (Å²) in [7, 11) is 2.63. The van der Waals surface area contributed by atoms with E-state index in [0.29, 0.717) is 0 Å². The second-order valence-corrected chi connectivity index (χ2v) is 5.31. The van der Waals surface area contributed by atoms with Crippen molar-refractivity contribution < 1.29 is 0 Å². The van der Waals surface area contributed by atoms with Crippen LogP contribution in [0.3, 0.4) is 0 Å². The molecule has 1 heteroatoms. The van der Waals surface area contributed by atoms with E-state index in [1.54, 1.807) is 0 Å². The molecule has 3 aromatic rings. The summed E-state index contributed by atoms with van der Waals surface area (Å²) in [5, 5.41) is 1.24. The fourth-order valence-electron chi connectivity index (χ4n) is 1.63. The van der Waals surface area contributed by atoms with Crippen LogP contribution in [-0.4, -0.2) is 0 Å². The number of benzene rings is 3. The van der Waals surface area contributed by atoms with Gasteiger partial charge < -0.3 is 0 Å². The molecule has 0 aliphatic heterocycles. The van der Waals surface area contributed by atoms with Crippen LogP contribution in [0.25, 0.3) is 12.2 Å². The van der Waals surface area contributed by atoms with E-state index in [-0.39, 0.29) is 0 Å². The molecule has 0 aliphatic rings. The highest BCUT2D eigenvalue weighted by atomic mass is 31.0. The summed E-state index contributed by atoms with van der Waals surface area (Å²) in [5.74, 6) is 0. The Hall–Kier alpha value is -2.43. The largest absolute Gasteiger partial charge is 0.106 e. The van der Waals surface area contributed by atoms with Crippen molar-refractivity contribution in [2.45, 2.75) is 0 Å². The Bertz CT molecular complexity index is 615. The summed E-state index contributed by atoms with van der Waals surface area (Å²) in [6.07, 6.45) is 3.67. The maximum Gasteiger partial charge on any atom is -0.0263 e. The van der Waals surface area contributed by atoms with Crippen LogP contribution in [0.5, 0.6) is 0 Å². The van der Waals surface area contributed by atoms with E-state index >= 15 is 0 Å². The van der Waals surface area contributed by atoms with Gasteiger partial charge in [-0.1, -0.05) is 116 Å². The van der Waals surface area contributed by atoms with Gasteiger partial charge in [-0.2, -0.15) is 0 Å². The molecule has 3 aromatic carbocycles. The molecule has 0 fully saturated rings. The van der Waals surface area contributed by atoms with Gasteiger partial charge in [-0.05, 0) is 16.4 Å². The average Bonchev–Trinajstić information content (AvgIpc) is 2.65. The fourth-order valence-corrected chi connectivity index (χ4v) is 1.85. The van der Waals surface area contributed by atoms with Gasteiger partial charge in [0, 0.05) is 0 Å². The Balaban J connectivity index is 0.000000173. The van der Waals surface area contributed by atoms with Crippen molar-refractivity contribution in [3.8, 4) is 0 Å². The minimum Gasteiger partial charge on any atom is -0.106 e. The summed E-state index contributed by atoms with van der Waals surface area (Å²) in [4.78, 5) is 0. The highest BCUT2D eigenvalue weighted by molar-refractivity contribution is 7.27. The maximum atomic E-state index is 3.63. The van der Waals surface area contributed by atoms with Gasteiger partial charge in [0.2, 0.25) is 0 Å². The van der Waals surface area contributed by atoms with Crippen LogP contribution in [0.2, 0.25) is 0 Å². The molecule has 0 amide bonds. The van der Waals surface area contributed by atoms with E-state index in [0.717, 1.165) is 0 Å². The molecular weight excluding hydrogens is 295 g/mol. The molecule has 0 spiro atoms. The van der Waals surface area contributed by atoms with Crippen LogP contribution in [0, 0.1) is 0 Å². The van der Waals surface area contributed by atoms with Crippen molar-refractivity contribution in [1.29, 1.82) is 0 Å². The zero-order valence-corrected chi connectivity index (χ0v) is 14.5. The van der Waals surface area contributed by atoms with Gasteiger partial charge in [0.15, 0.2) is 0 Å². The molecule has 0 saturated heterocycles. The molecular formula is C22H23P. The lowest BCUT2D eigenvalue weighted by atomic mass is 10.2. The van der Waals surface area contributed by atoms with Gasteiger partial charge in [0.1, 0.15) is 0 Å². The minimum absolute atomic E-state index is 1.17. The molecule has 116 valence electrons. The van der Waals surface area contributed by atoms with E-state index in [1.165, 1.54) is 16.4 Å². The first-order valence-corrected chi connectivity index (χ1v) is 7.99. The van der Waals surface area contributed by atoms with E-state index in [4.69, 9.17) is 0 Å². The molecule has 0 aromatic heterocycles. The zero-order chi connectivity index (χ0) is 16.8. The molecule has 0 heterocycles. The molecule has 0 saturated carbocycles. The summed E-state index contributed by atoms with van der Waals surface area (Å²) >= 11 is 0. The van der Waals surface area contributed by atoms with E-state index in [1.807, 2.05) is 103 Å². The number of hydrogen-bond acceptors (Lipinski definition) is 0. The Morgan fingerprint density at radius 3 is 1.00 bits per heavy atom. The molecule has 1 atom stereocenters. The Labute approximate surface area is 142 Å². The second-order valence-electron chi connectivity index (χ2n) is 4.64. The Kier molecular flexibility index (Phi) is 9.83. The van der Waals surface area contributed by atoms with Gasteiger partial charge >= 0.3 is 0 Å². The summed E-state index contributed by atoms with van der Waals surface area (Å²) in [5.41, 5.74) is 2.35. The topological polar surface area (TPSA) is 0 Å². The second kappa shape index (κ2) is 12.1. The quantitative estimate of drug-likeness (QED) is 0.520. The van der Waals surface area contributed by atoms with Crippen molar-refractivity contribution in [2.24, 2.45) is 0 Å². The smallest absolute Gasteiger partial charge is 0.0263 e. The minimum atomic E-state index is 1.17. The molecule has 0 nitrogen and oxygen atoms in total. The van der Waals surface area contributed by atoms with Crippen LogP contribution in [-0.2, 0) is 0 Å². The third kappa shape index (κ3) is 9.24. The fraction of sp³-hybridized carbons (Fsp3) is 0. The van der Waals surface area contributed by atoms with Crippen LogP contribution in [0.15, 0.2) is 104 Å². The Morgan fingerprint density at radius 1 is 0.522 bits per heavy atom. The molecule has 3 rings (SSSR count). The Morgan fingerprint density at radius 2 is 0.826 bits per heavy atom. The van der Waals surface area contributed by atoms with Crippen molar-refractivity contribution in [1.82, 2.24) is 0 Å². The van der Waals surface area contributed by atoms with E-state index in [9.17, 15) is 0 Å². The van der Waals surface area contributed by atoms with E-state index < -0.39 is 0 Å². The predicted molar refractivity (Wildman–Crippen MR) is 109 cm³/mol. The first kappa shape index (κ1) is 18.6. The third-order valence-electron chi connectivity index (χ3n) is 2.87. The summed E-state index contributed by atoms with van der Waals surface area (Å²) < 4.78 is 0. The molecule has 0 N–H and O–H groups in total. The lowest BCUT2D eigenvalue weighted by molar-refractivity contribution is 1.67. The van der Waals surface area contributed by atoms with Gasteiger partial charge in [0.25, 0.3) is 0 Å². The van der Waals surface area contributed by atoms with Crippen LogP contribution >= 0.6 is 9.24 Å². The molecule has 1 unspecified atom stereocenters. The highest BCUT2D eigenvalue weighted by Crippen LogP contribution is 1.98. The maximum absolute atomic E-state index is 3.63. The predicted octanol–water partition coefficient (Wildman–Crippen LogP) is 5.85. The van der Waals surface area contributed by atoms with Crippen LogP contribution in [0.1, 0.15) is 11.1 Å². The first-order valence-electron chi connectivity index (χ1n) is 7.41.